The minimum absolute atomic E-state index is 0.192. The number of carbonyl (C=O) groups excluding carboxylic acids is 2. The van der Waals surface area contributed by atoms with Gasteiger partial charge in [-0.2, -0.15) is 11.8 Å². The van der Waals surface area contributed by atoms with Gasteiger partial charge in [-0.15, -0.1) is 0 Å². The molecular weight excluding hydrogens is 510 g/mol. The quantitative estimate of drug-likeness (QED) is 0.323. The Bertz CT molecular complexity index is 1410. The Morgan fingerprint density at radius 3 is 2.53 bits per heavy atom. The number of aryl methyl sites for hydroxylation is 1. The molecule has 1 atom stereocenters. The van der Waals surface area contributed by atoms with Crippen LogP contribution in [0.15, 0.2) is 45.6 Å². The molecule has 0 radical (unpaired) electrons. The summed E-state index contributed by atoms with van der Waals surface area (Å²) in [7, 11) is 0. The Kier molecular flexibility index (Phi) is 8.20. The van der Waals surface area contributed by atoms with E-state index < -0.39 is 23.7 Å². The maximum atomic E-state index is 13.4. The van der Waals surface area contributed by atoms with E-state index in [1.165, 1.54) is 12.1 Å². The van der Waals surface area contributed by atoms with Crippen LogP contribution in [0.25, 0.3) is 22.1 Å². The number of hydrogen-bond donors (Lipinski definition) is 1. The summed E-state index contributed by atoms with van der Waals surface area (Å²) in [6.45, 7) is 7.85. The highest BCUT2D eigenvalue weighted by Gasteiger charge is 2.26. The third kappa shape index (κ3) is 6.42. The van der Waals surface area contributed by atoms with Crippen molar-refractivity contribution >= 4 is 34.8 Å². The smallest absolute Gasteiger partial charge is 0.408 e. The minimum atomic E-state index is -0.903. The average Bonchev–Trinajstić information content (AvgIpc) is 2.85. The first-order valence-corrected chi connectivity index (χ1v) is 13.6. The molecule has 2 heterocycles. The van der Waals surface area contributed by atoms with Gasteiger partial charge in [0, 0.05) is 6.07 Å². The van der Waals surface area contributed by atoms with Gasteiger partial charge in [0.2, 0.25) is 5.43 Å². The number of rotatable bonds is 7. The molecule has 4 rings (SSSR count). The molecular formula is C28H31NO8S. The van der Waals surface area contributed by atoms with Crippen molar-refractivity contribution in [2.24, 2.45) is 0 Å². The number of ether oxygens (including phenoxy) is 4. The van der Waals surface area contributed by atoms with Crippen LogP contribution >= 0.6 is 11.8 Å². The number of carbonyl (C=O) groups is 2. The SMILES string of the molecule is CSCC[C@@H](NC(=O)OC(C)(C)C)C(=O)Oc1ccc2c(=O)c(-c3ccc4c(c3)OCCO4)c(C)oc2c1. The highest BCUT2D eigenvalue weighted by molar-refractivity contribution is 7.98. The average molecular weight is 542 g/mol. The Balaban J connectivity index is 1.58. The van der Waals surface area contributed by atoms with E-state index in [1.807, 2.05) is 6.26 Å². The molecule has 0 spiro atoms. The van der Waals surface area contributed by atoms with E-state index in [0.29, 0.717) is 59.2 Å². The number of amides is 1. The van der Waals surface area contributed by atoms with Gasteiger partial charge in [0.15, 0.2) is 11.5 Å². The largest absolute Gasteiger partial charge is 0.486 e. The van der Waals surface area contributed by atoms with Crippen LogP contribution in [0, 0.1) is 6.92 Å². The lowest BCUT2D eigenvalue weighted by molar-refractivity contribution is -0.136. The molecule has 3 aromatic rings. The third-order valence-corrected chi connectivity index (χ3v) is 6.32. The van der Waals surface area contributed by atoms with Gasteiger partial charge in [0.1, 0.15) is 41.9 Å². The van der Waals surface area contributed by atoms with E-state index >= 15 is 0 Å². The van der Waals surface area contributed by atoms with Crippen molar-refractivity contribution in [3.05, 3.63) is 52.4 Å². The molecule has 1 aliphatic heterocycles. The van der Waals surface area contributed by atoms with Crippen molar-refractivity contribution in [1.82, 2.24) is 5.32 Å². The molecule has 0 fully saturated rings. The standard InChI is InChI=1S/C28H31NO8S/c1-16-24(17-6-9-21-23(14-17)34-12-11-33-21)25(30)19-8-7-18(15-22(19)35-16)36-26(31)20(10-13-38-5)29-27(32)37-28(2,3)4/h6-9,14-15,20H,10-13H2,1-5H3,(H,29,32)/t20-/m1/s1. The maximum Gasteiger partial charge on any atom is 0.408 e. The predicted molar refractivity (Wildman–Crippen MR) is 145 cm³/mol. The molecule has 10 heteroatoms. The zero-order chi connectivity index (χ0) is 27.4. The molecule has 0 saturated carbocycles. The molecule has 0 saturated heterocycles. The first-order valence-electron chi connectivity index (χ1n) is 12.2. The van der Waals surface area contributed by atoms with Crippen molar-refractivity contribution in [3.63, 3.8) is 0 Å². The van der Waals surface area contributed by atoms with Gasteiger partial charge in [-0.25, -0.2) is 9.59 Å². The number of hydrogen-bond acceptors (Lipinski definition) is 9. The van der Waals surface area contributed by atoms with Crippen molar-refractivity contribution in [2.75, 3.05) is 25.2 Å². The van der Waals surface area contributed by atoms with Gasteiger partial charge >= 0.3 is 12.1 Å². The van der Waals surface area contributed by atoms with E-state index in [9.17, 15) is 14.4 Å². The molecule has 0 aliphatic carbocycles. The van der Waals surface area contributed by atoms with Crippen LogP contribution in [0.1, 0.15) is 33.0 Å². The number of esters is 1. The van der Waals surface area contributed by atoms with Gasteiger partial charge in [0.25, 0.3) is 0 Å². The number of thioether (sulfide) groups is 1. The summed E-state index contributed by atoms with van der Waals surface area (Å²) in [5, 5.41) is 2.93. The molecule has 0 unspecified atom stereocenters. The normalized spacial score (nSPS) is 13.6. The number of benzene rings is 2. The van der Waals surface area contributed by atoms with Gasteiger partial charge in [-0.1, -0.05) is 6.07 Å². The fraction of sp³-hybridized carbons (Fsp3) is 0.393. The topological polar surface area (TPSA) is 113 Å². The maximum absolute atomic E-state index is 13.4. The monoisotopic (exact) mass is 541 g/mol. The second-order valence-electron chi connectivity index (χ2n) is 9.78. The van der Waals surface area contributed by atoms with Crippen LogP contribution in [0.4, 0.5) is 4.79 Å². The lowest BCUT2D eigenvalue weighted by Crippen LogP contribution is -2.45. The van der Waals surface area contributed by atoms with Crippen LogP contribution < -0.4 is 25.0 Å². The summed E-state index contributed by atoms with van der Waals surface area (Å²) >= 11 is 1.54. The van der Waals surface area contributed by atoms with Crippen molar-refractivity contribution in [3.8, 4) is 28.4 Å². The molecule has 9 nitrogen and oxygen atoms in total. The molecule has 1 aliphatic rings. The zero-order valence-corrected chi connectivity index (χ0v) is 22.9. The Morgan fingerprint density at radius 2 is 1.82 bits per heavy atom. The Morgan fingerprint density at radius 1 is 1.08 bits per heavy atom. The zero-order valence-electron chi connectivity index (χ0n) is 22.0. The lowest BCUT2D eigenvalue weighted by Gasteiger charge is -2.22. The van der Waals surface area contributed by atoms with Crippen LogP contribution in [0.2, 0.25) is 0 Å². The molecule has 202 valence electrons. The van der Waals surface area contributed by atoms with Crippen molar-refractivity contribution in [1.29, 1.82) is 0 Å². The van der Waals surface area contributed by atoms with Crippen LogP contribution in [0.5, 0.6) is 17.2 Å². The first-order chi connectivity index (χ1) is 18.1. The summed E-state index contributed by atoms with van der Waals surface area (Å²) in [4.78, 5) is 38.6. The van der Waals surface area contributed by atoms with E-state index in [0.717, 1.165) is 0 Å². The highest BCUT2D eigenvalue weighted by Crippen LogP contribution is 2.35. The highest BCUT2D eigenvalue weighted by atomic mass is 32.2. The summed E-state index contributed by atoms with van der Waals surface area (Å²) in [5.41, 5.74) is 0.424. The molecule has 1 amide bonds. The van der Waals surface area contributed by atoms with Gasteiger partial charge in [0.05, 0.1) is 10.9 Å². The van der Waals surface area contributed by atoms with E-state index in [-0.39, 0.29) is 16.8 Å². The van der Waals surface area contributed by atoms with E-state index in [4.69, 9.17) is 23.4 Å². The Labute approximate surface area is 224 Å². The number of alkyl carbamates (subject to hydrolysis) is 1. The number of fused-ring (bicyclic) bond motifs is 2. The molecule has 2 aromatic carbocycles. The fourth-order valence-corrected chi connectivity index (χ4v) is 4.48. The van der Waals surface area contributed by atoms with Crippen LogP contribution in [-0.4, -0.2) is 48.9 Å². The molecule has 1 N–H and O–H groups in total. The van der Waals surface area contributed by atoms with Crippen molar-refractivity contribution in [2.45, 2.75) is 45.8 Å². The second kappa shape index (κ2) is 11.4. The minimum Gasteiger partial charge on any atom is -0.486 e. The van der Waals surface area contributed by atoms with Crippen LogP contribution in [-0.2, 0) is 9.53 Å². The predicted octanol–water partition coefficient (Wildman–Crippen LogP) is 5.09. The molecule has 38 heavy (non-hydrogen) atoms. The third-order valence-electron chi connectivity index (χ3n) is 5.68. The van der Waals surface area contributed by atoms with E-state index in [1.54, 1.807) is 63.7 Å². The molecule has 1 aromatic heterocycles. The van der Waals surface area contributed by atoms with Gasteiger partial charge in [-0.3, -0.25) is 4.79 Å². The Hall–Kier alpha value is -3.66. The summed E-state index contributed by atoms with van der Waals surface area (Å²) in [5.74, 6) is 1.79. The van der Waals surface area contributed by atoms with E-state index in [2.05, 4.69) is 5.32 Å². The fourth-order valence-electron chi connectivity index (χ4n) is 4.00. The lowest BCUT2D eigenvalue weighted by atomic mass is 10.0. The van der Waals surface area contributed by atoms with Crippen LogP contribution in [0.3, 0.4) is 0 Å². The van der Waals surface area contributed by atoms with Gasteiger partial charge < -0.3 is 28.7 Å². The summed E-state index contributed by atoms with van der Waals surface area (Å²) < 4.78 is 28.0. The van der Waals surface area contributed by atoms with Crippen molar-refractivity contribution < 1.29 is 33.0 Å². The number of nitrogens with one attached hydrogen (secondary N) is 1. The first kappa shape index (κ1) is 27.4. The summed E-state index contributed by atoms with van der Waals surface area (Å²) in [6.07, 6.45) is 1.57. The second-order valence-corrected chi connectivity index (χ2v) is 10.8. The molecule has 0 bridgehead atoms. The van der Waals surface area contributed by atoms with Gasteiger partial charge in [-0.05, 0) is 76.0 Å². The summed E-state index contributed by atoms with van der Waals surface area (Å²) in [6, 6.07) is 9.01.